The van der Waals surface area contributed by atoms with Crippen LogP contribution in [0.1, 0.15) is 17.7 Å². The number of nitrogen functional groups attached to an aromatic ring is 1. The van der Waals surface area contributed by atoms with Crippen LogP contribution in [0.4, 0.5) is 5.69 Å². The maximum atomic E-state index is 5.96. The summed E-state index contributed by atoms with van der Waals surface area (Å²) in [6, 6.07) is 7.09. The van der Waals surface area contributed by atoms with Gasteiger partial charge in [0.15, 0.2) is 5.75 Å². The average Bonchev–Trinajstić information content (AvgIpc) is 2.83. The zero-order valence-corrected chi connectivity index (χ0v) is 11.6. The van der Waals surface area contributed by atoms with Crippen LogP contribution in [0.5, 0.6) is 11.6 Å². The van der Waals surface area contributed by atoms with Crippen molar-refractivity contribution in [3.8, 4) is 11.6 Å². The van der Waals surface area contributed by atoms with Crippen LogP contribution in [-0.2, 0) is 12.8 Å². The molecule has 0 amide bonds. The maximum Gasteiger partial charge on any atom is 0.219 e. The maximum absolute atomic E-state index is 5.96. The molecule has 1 aromatic carbocycles. The zero-order chi connectivity index (χ0) is 13.4. The molecular weight excluding hydrogens is 283 g/mol. The van der Waals surface area contributed by atoms with Crippen molar-refractivity contribution in [3.05, 3.63) is 45.6 Å². The number of halogens is 2. The van der Waals surface area contributed by atoms with Gasteiger partial charge in [-0.25, -0.2) is 4.98 Å². The third kappa shape index (κ3) is 2.48. The van der Waals surface area contributed by atoms with Crippen molar-refractivity contribution in [1.29, 1.82) is 0 Å². The number of nitrogens with zero attached hydrogens (tertiary/aromatic N) is 1. The monoisotopic (exact) mass is 294 g/mol. The summed E-state index contributed by atoms with van der Waals surface area (Å²) >= 11 is 11.8. The van der Waals surface area contributed by atoms with Crippen molar-refractivity contribution in [2.45, 2.75) is 19.3 Å². The van der Waals surface area contributed by atoms with Gasteiger partial charge in [-0.05, 0) is 30.9 Å². The number of rotatable bonds is 2. The van der Waals surface area contributed by atoms with Crippen molar-refractivity contribution in [2.24, 2.45) is 0 Å². The predicted molar refractivity (Wildman–Crippen MR) is 77.2 cm³/mol. The van der Waals surface area contributed by atoms with Crippen LogP contribution in [-0.4, -0.2) is 4.98 Å². The normalized spacial score (nSPS) is 13.4. The van der Waals surface area contributed by atoms with E-state index in [1.807, 2.05) is 6.07 Å². The van der Waals surface area contributed by atoms with Crippen molar-refractivity contribution >= 4 is 28.9 Å². The van der Waals surface area contributed by atoms with E-state index in [0.29, 0.717) is 27.4 Å². The fourth-order valence-electron chi connectivity index (χ4n) is 2.20. The van der Waals surface area contributed by atoms with Crippen LogP contribution in [0.25, 0.3) is 0 Å². The van der Waals surface area contributed by atoms with E-state index in [9.17, 15) is 0 Å². The highest BCUT2D eigenvalue weighted by atomic mass is 35.5. The fraction of sp³-hybridized carbons (Fsp3) is 0.214. The van der Waals surface area contributed by atoms with E-state index in [2.05, 4.69) is 11.1 Å². The molecule has 98 valence electrons. The molecule has 3 nitrogen and oxygen atoms in total. The summed E-state index contributed by atoms with van der Waals surface area (Å²) in [6.45, 7) is 0. The first kappa shape index (κ1) is 12.6. The van der Waals surface area contributed by atoms with Gasteiger partial charge < -0.3 is 10.5 Å². The molecule has 2 N–H and O–H groups in total. The van der Waals surface area contributed by atoms with Crippen LogP contribution < -0.4 is 10.5 Å². The summed E-state index contributed by atoms with van der Waals surface area (Å²) in [7, 11) is 0. The number of aryl methyl sites for hydroxylation is 2. The number of fused-ring (bicyclic) bond motifs is 1. The second-order valence-electron chi connectivity index (χ2n) is 4.52. The summed E-state index contributed by atoms with van der Waals surface area (Å²) in [4.78, 5) is 4.49. The smallest absolute Gasteiger partial charge is 0.219 e. The van der Waals surface area contributed by atoms with E-state index in [4.69, 9.17) is 33.7 Å². The van der Waals surface area contributed by atoms with Gasteiger partial charge in [0.25, 0.3) is 0 Å². The lowest BCUT2D eigenvalue weighted by Crippen LogP contribution is -1.96. The molecule has 0 atom stereocenters. The molecule has 1 heterocycles. The quantitative estimate of drug-likeness (QED) is 0.842. The van der Waals surface area contributed by atoms with Crippen LogP contribution >= 0.6 is 23.2 Å². The Labute approximate surface area is 121 Å². The molecule has 0 spiro atoms. The summed E-state index contributed by atoms with van der Waals surface area (Å²) in [5, 5.41) is 0.820. The van der Waals surface area contributed by atoms with E-state index in [0.717, 1.165) is 25.0 Å². The first-order valence-corrected chi connectivity index (χ1v) is 6.80. The van der Waals surface area contributed by atoms with Gasteiger partial charge >= 0.3 is 0 Å². The zero-order valence-electron chi connectivity index (χ0n) is 10.1. The lowest BCUT2D eigenvalue weighted by molar-refractivity contribution is 0.463. The minimum absolute atomic E-state index is 0.409. The van der Waals surface area contributed by atoms with Gasteiger partial charge in [0.05, 0.1) is 15.7 Å². The molecule has 1 aliphatic rings. The standard InChI is InChI=1S/C14H12Cl2N2O/c15-9-6-11(17)13(7-10(9)16)19-14-5-4-8-2-1-3-12(8)18-14/h4-7H,1-3,17H2. The summed E-state index contributed by atoms with van der Waals surface area (Å²) in [5.74, 6) is 1.01. The Hall–Kier alpha value is -1.45. The molecule has 0 bridgehead atoms. The molecule has 0 saturated carbocycles. The Morgan fingerprint density at radius 3 is 2.74 bits per heavy atom. The number of aromatic nitrogens is 1. The van der Waals surface area contributed by atoms with E-state index in [1.165, 1.54) is 5.56 Å². The first-order chi connectivity index (χ1) is 9.13. The SMILES string of the molecule is Nc1cc(Cl)c(Cl)cc1Oc1ccc2c(n1)CCC2. The van der Waals surface area contributed by atoms with E-state index < -0.39 is 0 Å². The molecular formula is C14H12Cl2N2O. The van der Waals surface area contributed by atoms with Crippen LogP contribution in [0.15, 0.2) is 24.3 Å². The third-order valence-electron chi connectivity index (χ3n) is 3.17. The van der Waals surface area contributed by atoms with Gasteiger partial charge in [-0.2, -0.15) is 0 Å². The van der Waals surface area contributed by atoms with E-state index in [-0.39, 0.29) is 0 Å². The number of anilines is 1. The first-order valence-electron chi connectivity index (χ1n) is 6.04. The Morgan fingerprint density at radius 2 is 1.89 bits per heavy atom. The number of benzene rings is 1. The highest BCUT2D eigenvalue weighted by molar-refractivity contribution is 6.42. The molecule has 3 rings (SSSR count). The Morgan fingerprint density at radius 1 is 1.11 bits per heavy atom. The van der Waals surface area contributed by atoms with Crippen molar-refractivity contribution in [2.75, 3.05) is 5.73 Å². The Kier molecular flexibility index (Phi) is 3.25. The van der Waals surface area contributed by atoms with Gasteiger partial charge in [-0.1, -0.05) is 29.3 Å². The van der Waals surface area contributed by atoms with Crippen LogP contribution in [0.2, 0.25) is 10.0 Å². The molecule has 1 aromatic heterocycles. The van der Waals surface area contributed by atoms with Crippen molar-refractivity contribution < 1.29 is 4.74 Å². The van der Waals surface area contributed by atoms with E-state index in [1.54, 1.807) is 12.1 Å². The topological polar surface area (TPSA) is 48.1 Å². The largest absolute Gasteiger partial charge is 0.437 e. The van der Waals surface area contributed by atoms with Gasteiger partial charge in [-0.3, -0.25) is 0 Å². The summed E-state index contributed by atoms with van der Waals surface area (Å²) in [5.41, 5.74) is 8.70. The highest BCUT2D eigenvalue weighted by Gasteiger charge is 2.14. The molecule has 0 radical (unpaired) electrons. The fourth-order valence-corrected chi connectivity index (χ4v) is 2.53. The number of hydrogen-bond acceptors (Lipinski definition) is 3. The number of hydrogen-bond donors (Lipinski definition) is 1. The van der Waals surface area contributed by atoms with Gasteiger partial charge in [0.1, 0.15) is 0 Å². The molecule has 1 aliphatic carbocycles. The molecule has 0 unspecified atom stereocenters. The molecule has 0 fully saturated rings. The number of nitrogens with two attached hydrogens (primary N) is 1. The lowest BCUT2D eigenvalue weighted by Gasteiger charge is -2.10. The van der Waals surface area contributed by atoms with E-state index >= 15 is 0 Å². The highest BCUT2D eigenvalue weighted by Crippen LogP contribution is 2.35. The Balaban J connectivity index is 1.91. The summed E-state index contributed by atoms with van der Waals surface area (Å²) in [6.07, 6.45) is 3.25. The molecule has 0 saturated heterocycles. The second kappa shape index (κ2) is 4.91. The Bertz CT molecular complexity index is 644. The molecule has 2 aromatic rings. The number of pyridine rings is 1. The minimum Gasteiger partial charge on any atom is -0.437 e. The molecule has 0 aliphatic heterocycles. The van der Waals surface area contributed by atoms with Crippen LogP contribution in [0.3, 0.4) is 0 Å². The lowest BCUT2D eigenvalue weighted by atomic mass is 10.2. The average molecular weight is 295 g/mol. The van der Waals surface area contributed by atoms with Crippen molar-refractivity contribution in [1.82, 2.24) is 4.98 Å². The summed E-state index contributed by atoms with van der Waals surface area (Å²) < 4.78 is 5.69. The third-order valence-corrected chi connectivity index (χ3v) is 3.89. The minimum atomic E-state index is 0.409. The molecule has 19 heavy (non-hydrogen) atoms. The van der Waals surface area contributed by atoms with Crippen LogP contribution in [0, 0.1) is 0 Å². The second-order valence-corrected chi connectivity index (χ2v) is 5.33. The predicted octanol–water partition coefficient (Wildman–Crippen LogP) is 4.25. The van der Waals surface area contributed by atoms with Gasteiger partial charge in [0, 0.05) is 17.8 Å². The molecule has 5 heteroatoms. The van der Waals surface area contributed by atoms with Gasteiger partial charge in [0.2, 0.25) is 5.88 Å². The van der Waals surface area contributed by atoms with Gasteiger partial charge in [-0.15, -0.1) is 0 Å². The van der Waals surface area contributed by atoms with Crippen molar-refractivity contribution in [3.63, 3.8) is 0 Å². The number of ether oxygens (including phenoxy) is 1.